The second kappa shape index (κ2) is 5.93. The van der Waals surface area contributed by atoms with Crippen molar-refractivity contribution >= 4 is 26.8 Å². The maximum absolute atomic E-state index is 5.79. The summed E-state index contributed by atoms with van der Waals surface area (Å²) in [6.45, 7) is 2.07. The number of nitrogens with one attached hydrogen (secondary N) is 1. The Labute approximate surface area is 132 Å². The van der Waals surface area contributed by atoms with E-state index in [1.807, 2.05) is 12.1 Å². The highest BCUT2D eigenvalue weighted by Gasteiger charge is 2.13. The molecule has 106 valence electrons. The van der Waals surface area contributed by atoms with Crippen molar-refractivity contribution in [3.05, 3.63) is 75.9 Å². The zero-order valence-electron chi connectivity index (χ0n) is 11.7. The van der Waals surface area contributed by atoms with Crippen molar-refractivity contribution < 1.29 is 0 Å². The van der Waals surface area contributed by atoms with Gasteiger partial charge in [0.25, 0.3) is 0 Å². The zero-order chi connectivity index (χ0) is 14.8. The van der Waals surface area contributed by atoms with E-state index in [1.165, 1.54) is 5.56 Å². The third kappa shape index (κ3) is 2.83. The van der Waals surface area contributed by atoms with E-state index >= 15 is 0 Å². The van der Waals surface area contributed by atoms with Crippen molar-refractivity contribution in [2.24, 2.45) is 5.84 Å². The summed E-state index contributed by atoms with van der Waals surface area (Å²) in [6, 6.07) is 16.5. The Balaban J connectivity index is 2.06. The maximum atomic E-state index is 5.79. The Hall–Kier alpha value is -1.75. The van der Waals surface area contributed by atoms with Crippen molar-refractivity contribution in [1.29, 1.82) is 0 Å². The number of aryl methyl sites for hydroxylation is 1. The van der Waals surface area contributed by atoms with Crippen LogP contribution in [0.2, 0.25) is 0 Å². The van der Waals surface area contributed by atoms with Crippen molar-refractivity contribution in [3.63, 3.8) is 0 Å². The molecule has 3 rings (SSSR count). The van der Waals surface area contributed by atoms with Gasteiger partial charge in [0.1, 0.15) is 0 Å². The molecule has 1 atom stereocenters. The number of fused-ring (bicyclic) bond motifs is 1. The number of hydrazine groups is 1. The van der Waals surface area contributed by atoms with Crippen LogP contribution in [0.1, 0.15) is 22.7 Å². The number of rotatable bonds is 3. The SMILES string of the molecule is Cc1ccc(C(NN)c2ccc3ncccc3c2)cc1Br. The molecular formula is C17H16BrN3. The average molecular weight is 342 g/mol. The molecule has 0 fully saturated rings. The molecule has 1 heterocycles. The molecule has 0 amide bonds. The fourth-order valence-corrected chi connectivity index (χ4v) is 2.84. The molecule has 0 saturated carbocycles. The molecule has 0 aliphatic carbocycles. The van der Waals surface area contributed by atoms with Crippen LogP contribution >= 0.6 is 15.9 Å². The molecule has 2 aromatic carbocycles. The van der Waals surface area contributed by atoms with Crippen molar-refractivity contribution in [2.75, 3.05) is 0 Å². The van der Waals surface area contributed by atoms with Gasteiger partial charge in [-0.1, -0.05) is 40.2 Å². The van der Waals surface area contributed by atoms with Gasteiger partial charge in [0.15, 0.2) is 0 Å². The standard InChI is InChI=1S/C17H16BrN3/c1-11-4-5-14(10-15(11)18)17(21-19)13-6-7-16-12(9-13)3-2-8-20-16/h2-10,17,21H,19H2,1H3. The van der Waals surface area contributed by atoms with E-state index in [0.29, 0.717) is 0 Å². The van der Waals surface area contributed by atoms with Crippen LogP contribution in [0.5, 0.6) is 0 Å². The predicted molar refractivity (Wildman–Crippen MR) is 89.8 cm³/mol. The molecule has 1 unspecified atom stereocenters. The molecule has 3 aromatic rings. The van der Waals surface area contributed by atoms with Crippen molar-refractivity contribution in [3.8, 4) is 0 Å². The molecule has 0 radical (unpaired) electrons. The summed E-state index contributed by atoms with van der Waals surface area (Å²) in [4.78, 5) is 4.35. The molecule has 4 heteroatoms. The lowest BCUT2D eigenvalue weighted by Gasteiger charge is -2.18. The molecule has 1 aromatic heterocycles. The number of hydrogen-bond donors (Lipinski definition) is 2. The minimum absolute atomic E-state index is 0.0495. The predicted octanol–water partition coefficient (Wildman–Crippen LogP) is 3.86. The van der Waals surface area contributed by atoms with Crippen LogP contribution < -0.4 is 11.3 Å². The van der Waals surface area contributed by atoms with Crippen LogP contribution in [0.25, 0.3) is 10.9 Å². The lowest BCUT2D eigenvalue weighted by Crippen LogP contribution is -2.28. The minimum atomic E-state index is -0.0495. The minimum Gasteiger partial charge on any atom is -0.271 e. The Bertz CT molecular complexity index is 786. The summed E-state index contributed by atoms with van der Waals surface area (Å²) in [7, 11) is 0. The smallest absolute Gasteiger partial charge is 0.0710 e. The van der Waals surface area contributed by atoms with Gasteiger partial charge >= 0.3 is 0 Å². The van der Waals surface area contributed by atoms with E-state index in [4.69, 9.17) is 5.84 Å². The normalized spacial score (nSPS) is 12.5. The third-order valence-corrected chi connectivity index (χ3v) is 4.51. The first-order chi connectivity index (χ1) is 10.2. The molecule has 0 aliphatic heterocycles. The number of pyridine rings is 1. The number of aromatic nitrogens is 1. The summed E-state index contributed by atoms with van der Waals surface area (Å²) in [5.41, 5.74) is 7.34. The Morgan fingerprint density at radius 2 is 1.86 bits per heavy atom. The number of nitrogens with zero attached hydrogens (tertiary/aromatic N) is 1. The quantitative estimate of drug-likeness (QED) is 0.561. The third-order valence-electron chi connectivity index (χ3n) is 3.66. The van der Waals surface area contributed by atoms with Gasteiger partial charge in [-0.15, -0.1) is 0 Å². The summed E-state index contributed by atoms with van der Waals surface area (Å²) < 4.78 is 1.09. The van der Waals surface area contributed by atoms with Crippen LogP contribution in [0, 0.1) is 6.92 Å². The Morgan fingerprint density at radius 3 is 2.62 bits per heavy atom. The van der Waals surface area contributed by atoms with Crippen LogP contribution in [-0.4, -0.2) is 4.98 Å². The summed E-state index contributed by atoms with van der Waals surface area (Å²) in [5, 5.41) is 1.11. The molecule has 0 aliphatic rings. The van der Waals surface area contributed by atoms with Gasteiger partial charge in [0, 0.05) is 16.1 Å². The second-order valence-electron chi connectivity index (χ2n) is 5.06. The summed E-state index contributed by atoms with van der Waals surface area (Å²) in [5.74, 6) is 5.79. The molecule has 3 nitrogen and oxygen atoms in total. The number of benzene rings is 2. The highest BCUT2D eigenvalue weighted by atomic mass is 79.9. The Morgan fingerprint density at radius 1 is 1.10 bits per heavy atom. The lowest BCUT2D eigenvalue weighted by molar-refractivity contribution is 0.637. The van der Waals surface area contributed by atoms with Crippen LogP contribution in [0.4, 0.5) is 0 Å². The highest BCUT2D eigenvalue weighted by molar-refractivity contribution is 9.10. The van der Waals surface area contributed by atoms with Gasteiger partial charge in [-0.3, -0.25) is 10.8 Å². The van der Waals surface area contributed by atoms with E-state index in [0.717, 1.165) is 26.5 Å². The van der Waals surface area contributed by atoms with Crippen molar-refractivity contribution in [1.82, 2.24) is 10.4 Å². The fourth-order valence-electron chi connectivity index (χ4n) is 2.45. The van der Waals surface area contributed by atoms with Crippen LogP contribution in [-0.2, 0) is 0 Å². The van der Waals surface area contributed by atoms with E-state index < -0.39 is 0 Å². The van der Waals surface area contributed by atoms with Crippen LogP contribution in [0.15, 0.2) is 59.2 Å². The first-order valence-corrected chi connectivity index (χ1v) is 7.55. The first-order valence-electron chi connectivity index (χ1n) is 6.76. The van der Waals surface area contributed by atoms with Gasteiger partial charge in [0.2, 0.25) is 0 Å². The van der Waals surface area contributed by atoms with E-state index in [2.05, 4.69) is 69.7 Å². The highest BCUT2D eigenvalue weighted by Crippen LogP contribution is 2.27. The van der Waals surface area contributed by atoms with Gasteiger partial charge in [-0.2, -0.15) is 0 Å². The van der Waals surface area contributed by atoms with Gasteiger partial charge in [-0.05, 0) is 47.9 Å². The molecule has 0 bridgehead atoms. The van der Waals surface area contributed by atoms with E-state index in [9.17, 15) is 0 Å². The number of hydrogen-bond acceptors (Lipinski definition) is 3. The van der Waals surface area contributed by atoms with E-state index in [1.54, 1.807) is 6.20 Å². The number of halogens is 1. The average Bonchev–Trinajstić information content (AvgIpc) is 2.51. The van der Waals surface area contributed by atoms with E-state index in [-0.39, 0.29) is 6.04 Å². The van der Waals surface area contributed by atoms with Crippen LogP contribution in [0.3, 0.4) is 0 Å². The molecule has 3 N–H and O–H groups in total. The molecule has 21 heavy (non-hydrogen) atoms. The van der Waals surface area contributed by atoms with Gasteiger partial charge in [0.05, 0.1) is 11.6 Å². The Kier molecular flexibility index (Phi) is 4.01. The van der Waals surface area contributed by atoms with Crippen molar-refractivity contribution in [2.45, 2.75) is 13.0 Å². The zero-order valence-corrected chi connectivity index (χ0v) is 13.3. The monoisotopic (exact) mass is 341 g/mol. The molecular weight excluding hydrogens is 326 g/mol. The fraction of sp³-hybridized carbons (Fsp3) is 0.118. The maximum Gasteiger partial charge on any atom is 0.0710 e. The first kappa shape index (κ1) is 14.2. The topological polar surface area (TPSA) is 50.9 Å². The number of nitrogens with two attached hydrogens (primary N) is 1. The lowest BCUT2D eigenvalue weighted by atomic mass is 9.97. The molecule has 0 spiro atoms. The van der Waals surface area contributed by atoms with Gasteiger partial charge < -0.3 is 0 Å². The van der Waals surface area contributed by atoms with Gasteiger partial charge in [-0.25, -0.2) is 5.43 Å². The summed E-state index contributed by atoms with van der Waals surface area (Å²) in [6.07, 6.45) is 1.80. The summed E-state index contributed by atoms with van der Waals surface area (Å²) >= 11 is 3.58. The largest absolute Gasteiger partial charge is 0.271 e. The molecule has 0 saturated heterocycles. The second-order valence-corrected chi connectivity index (χ2v) is 5.92.